The van der Waals surface area contributed by atoms with Gasteiger partial charge in [-0.05, 0) is 43.2 Å². The van der Waals surface area contributed by atoms with Crippen molar-refractivity contribution in [2.45, 2.75) is 63.5 Å². The van der Waals surface area contributed by atoms with Crippen molar-refractivity contribution in [2.75, 3.05) is 20.3 Å². The maximum Gasteiger partial charge on any atom is 0.247 e. The molecule has 2 aromatic carbocycles. The van der Waals surface area contributed by atoms with Crippen molar-refractivity contribution in [3.63, 3.8) is 0 Å². The van der Waals surface area contributed by atoms with Crippen LogP contribution in [-0.2, 0) is 27.5 Å². The third-order valence-electron chi connectivity index (χ3n) is 7.39. The van der Waals surface area contributed by atoms with E-state index in [9.17, 15) is 34.1 Å². The van der Waals surface area contributed by atoms with E-state index < -0.39 is 41.8 Å². The Balaban J connectivity index is 1.80. The average Bonchev–Trinajstić information content (AvgIpc) is 3.35. The Morgan fingerprint density at radius 1 is 1.15 bits per heavy atom. The summed E-state index contributed by atoms with van der Waals surface area (Å²) in [5.41, 5.74) is 1.43. The van der Waals surface area contributed by atoms with E-state index >= 15 is 0 Å². The number of nitrogens with zero attached hydrogens (tertiary/aromatic N) is 1. The van der Waals surface area contributed by atoms with Crippen LogP contribution in [0.25, 0.3) is 0 Å². The van der Waals surface area contributed by atoms with Crippen LogP contribution in [0.4, 0.5) is 4.39 Å². The molecule has 2 aromatic rings. The maximum atomic E-state index is 14.7. The molecule has 0 unspecified atom stereocenters. The molecule has 1 aliphatic heterocycles. The number of methoxy groups -OCH3 is 1. The van der Waals surface area contributed by atoms with Crippen LogP contribution in [0.3, 0.4) is 0 Å². The van der Waals surface area contributed by atoms with E-state index in [0.29, 0.717) is 22.6 Å². The molecule has 2 amide bonds. The molecule has 0 saturated heterocycles. The van der Waals surface area contributed by atoms with Gasteiger partial charge in [0, 0.05) is 42.6 Å². The van der Waals surface area contributed by atoms with Gasteiger partial charge >= 0.3 is 0 Å². The van der Waals surface area contributed by atoms with Crippen LogP contribution < -0.4 is 14.8 Å². The van der Waals surface area contributed by atoms with E-state index in [0.717, 1.165) is 0 Å². The van der Waals surface area contributed by atoms with Gasteiger partial charge < -0.3 is 39.8 Å². The third-order valence-corrected chi connectivity index (χ3v) is 7.39. The number of Topliss-reactive ketones (excluding diaryl/α,β-unsaturated/α-hetero) is 1. The molecular formula is C30H35FN2O8. The second-order valence-corrected chi connectivity index (χ2v) is 10.2. The number of amides is 2. The Labute approximate surface area is 237 Å². The Morgan fingerprint density at radius 3 is 2.56 bits per heavy atom. The SMILES string of the molecule is COc1cc(CO)cc2c1O[C@@H]1[C@@H](O)[C@H](N(Cc3ccccc3F)C(=O)CCCC(C)=O)C=C(C(=O)NCCO)[C@H]21. The largest absolute Gasteiger partial charge is 0.493 e. The number of rotatable bonds is 12. The van der Waals surface area contributed by atoms with Gasteiger partial charge in [-0.15, -0.1) is 0 Å². The fourth-order valence-corrected chi connectivity index (χ4v) is 5.42. The fourth-order valence-electron chi connectivity index (χ4n) is 5.42. The van der Waals surface area contributed by atoms with Crippen molar-refractivity contribution in [3.8, 4) is 11.5 Å². The number of halogens is 1. The summed E-state index contributed by atoms with van der Waals surface area (Å²) >= 11 is 0. The van der Waals surface area contributed by atoms with Crippen LogP contribution in [-0.4, -0.2) is 76.3 Å². The van der Waals surface area contributed by atoms with Crippen LogP contribution in [0, 0.1) is 5.82 Å². The number of aliphatic hydroxyl groups is 3. The van der Waals surface area contributed by atoms with E-state index in [4.69, 9.17) is 9.47 Å². The van der Waals surface area contributed by atoms with Gasteiger partial charge in [0.25, 0.3) is 0 Å². The number of fused-ring (bicyclic) bond motifs is 3. The molecule has 4 N–H and O–H groups in total. The average molecular weight is 571 g/mol. The number of hydrogen-bond donors (Lipinski definition) is 4. The summed E-state index contributed by atoms with van der Waals surface area (Å²) < 4.78 is 26.4. The minimum absolute atomic E-state index is 0.0278. The first-order valence-electron chi connectivity index (χ1n) is 13.5. The van der Waals surface area contributed by atoms with Crippen molar-refractivity contribution < 1.29 is 43.6 Å². The quantitative estimate of drug-likeness (QED) is 0.302. The Morgan fingerprint density at radius 2 is 1.90 bits per heavy atom. The smallest absolute Gasteiger partial charge is 0.247 e. The molecule has 0 aromatic heterocycles. The standard InChI is InChI=1S/C30H35FN2O8/c1-17(36)6-5-9-25(37)33(15-19-7-3-4-8-22(19)31)23-14-21(30(39)32-10-11-34)26-20-12-18(16-35)13-24(40-2)28(20)41-29(26)27(23)38/h3-4,7-8,12-14,23,26-27,29,34-35,38H,5-6,9-11,15-16H2,1-2H3,(H,32,39)/t23-,26+,27+,29+/m1/s1. The molecule has 0 spiro atoms. The predicted molar refractivity (Wildman–Crippen MR) is 146 cm³/mol. The molecule has 0 bridgehead atoms. The fraction of sp³-hybridized carbons (Fsp3) is 0.433. The second kappa shape index (κ2) is 13.2. The number of nitrogens with one attached hydrogen (secondary N) is 1. The normalized spacial score (nSPS) is 20.8. The van der Waals surface area contributed by atoms with E-state index in [2.05, 4.69) is 5.32 Å². The first kappa shape index (κ1) is 30.2. The molecule has 1 aliphatic carbocycles. The number of ether oxygens (including phenoxy) is 2. The highest BCUT2D eigenvalue weighted by Gasteiger charge is 2.51. The number of carbonyl (C=O) groups excluding carboxylic acids is 3. The van der Waals surface area contributed by atoms with Crippen molar-refractivity contribution in [2.24, 2.45) is 0 Å². The van der Waals surface area contributed by atoms with E-state index in [-0.39, 0.29) is 62.5 Å². The van der Waals surface area contributed by atoms with Gasteiger partial charge in [0.05, 0.1) is 32.3 Å². The number of ketones is 1. The Kier molecular flexibility index (Phi) is 9.74. The van der Waals surface area contributed by atoms with Crippen LogP contribution in [0.2, 0.25) is 0 Å². The number of hydrogen-bond acceptors (Lipinski definition) is 8. The van der Waals surface area contributed by atoms with Crippen molar-refractivity contribution in [1.82, 2.24) is 10.2 Å². The summed E-state index contributed by atoms with van der Waals surface area (Å²) in [6, 6.07) is 8.14. The molecule has 11 heteroatoms. The van der Waals surface area contributed by atoms with E-state index in [1.165, 1.54) is 43.2 Å². The maximum absolute atomic E-state index is 14.7. The van der Waals surface area contributed by atoms with Crippen LogP contribution in [0.1, 0.15) is 48.8 Å². The lowest BCUT2D eigenvalue weighted by atomic mass is 9.77. The van der Waals surface area contributed by atoms with Crippen LogP contribution >= 0.6 is 0 Å². The summed E-state index contributed by atoms with van der Waals surface area (Å²) in [6.45, 7) is 0.600. The molecule has 0 radical (unpaired) electrons. The first-order valence-corrected chi connectivity index (χ1v) is 13.5. The van der Waals surface area contributed by atoms with Gasteiger partial charge in [-0.25, -0.2) is 4.39 Å². The lowest BCUT2D eigenvalue weighted by Crippen LogP contribution is -2.55. The summed E-state index contributed by atoms with van der Waals surface area (Å²) in [7, 11) is 1.43. The summed E-state index contributed by atoms with van der Waals surface area (Å²) in [5, 5.41) is 33.4. The number of aliphatic hydroxyl groups excluding tert-OH is 3. The minimum atomic E-state index is -1.34. The highest BCUT2D eigenvalue weighted by atomic mass is 19.1. The molecule has 4 rings (SSSR count). The summed E-state index contributed by atoms with van der Waals surface area (Å²) in [5.74, 6) is -1.75. The van der Waals surface area contributed by atoms with E-state index in [1.807, 2.05) is 0 Å². The molecule has 10 nitrogen and oxygen atoms in total. The highest BCUT2D eigenvalue weighted by molar-refractivity contribution is 5.96. The molecule has 1 heterocycles. The lowest BCUT2D eigenvalue weighted by Gasteiger charge is -2.41. The monoisotopic (exact) mass is 570 g/mol. The third kappa shape index (κ3) is 6.42. The van der Waals surface area contributed by atoms with Gasteiger partial charge in [0.2, 0.25) is 11.8 Å². The van der Waals surface area contributed by atoms with Gasteiger partial charge in [0.15, 0.2) is 11.5 Å². The van der Waals surface area contributed by atoms with Crippen LogP contribution in [0.5, 0.6) is 11.5 Å². The second-order valence-electron chi connectivity index (χ2n) is 10.2. The first-order chi connectivity index (χ1) is 19.7. The lowest BCUT2D eigenvalue weighted by molar-refractivity contribution is -0.138. The van der Waals surface area contributed by atoms with Gasteiger partial charge in [-0.3, -0.25) is 9.59 Å². The van der Waals surface area contributed by atoms with Crippen LogP contribution in [0.15, 0.2) is 48.0 Å². The van der Waals surface area contributed by atoms with Crippen molar-refractivity contribution >= 4 is 17.6 Å². The molecule has 0 saturated carbocycles. The number of carbonyl (C=O) groups is 3. The Hall–Kier alpha value is -3.80. The molecular weight excluding hydrogens is 535 g/mol. The van der Waals surface area contributed by atoms with Gasteiger partial charge in [-0.1, -0.05) is 18.2 Å². The summed E-state index contributed by atoms with van der Waals surface area (Å²) in [6.07, 6.45) is -0.446. The highest BCUT2D eigenvalue weighted by Crippen LogP contribution is 2.51. The van der Waals surface area contributed by atoms with Crippen molar-refractivity contribution in [1.29, 1.82) is 0 Å². The van der Waals surface area contributed by atoms with E-state index in [1.54, 1.807) is 18.2 Å². The van der Waals surface area contributed by atoms with Gasteiger partial charge in [0.1, 0.15) is 23.8 Å². The molecule has 0 fully saturated rings. The van der Waals surface area contributed by atoms with Gasteiger partial charge in [-0.2, -0.15) is 0 Å². The number of benzene rings is 2. The predicted octanol–water partition coefficient (Wildman–Crippen LogP) is 1.74. The zero-order valence-electron chi connectivity index (χ0n) is 23.0. The molecule has 4 atom stereocenters. The minimum Gasteiger partial charge on any atom is -0.493 e. The topological polar surface area (TPSA) is 146 Å². The molecule has 220 valence electrons. The molecule has 2 aliphatic rings. The van der Waals surface area contributed by atoms with Crippen molar-refractivity contribution in [3.05, 3.63) is 70.6 Å². The Bertz CT molecular complexity index is 1330. The molecule has 41 heavy (non-hydrogen) atoms. The zero-order valence-corrected chi connectivity index (χ0v) is 23.0. The zero-order chi connectivity index (χ0) is 29.7. The summed E-state index contributed by atoms with van der Waals surface area (Å²) in [4.78, 5) is 39.8.